The number of hydrogen-bond acceptors (Lipinski definition) is 0. The molecule has 0 nitrogen and oxygen atoms in total. The van der Waals surface area contributed by atoms with Crippen molar-refractivity contribution in [2.75, 3.05) is 0 Å². The molecule has 0 spiro atoms. The second-order valence-electron chi connectivity index (χ2n) is 7.80. The lowest BCUT2D eigenvalue weighted by Crippen LogP contribution is -1.91. The van der Waals surface area contributed by atoms with Crippen LogP contribution in [0.2, 0.25) is 0 Å². The van der Waals surface area contributed by atoms with Crippen LogP contribution in [-0.2, 0) is 12.8 Å². The van der Waals surface area contributed by atoms with Crippen LogP contribution in [0.15, 0.2) is 78.9 Å². The van der Waals surface area contributed by atoms with Crippen molar-refractivity contribution in [3.05, 3.63) is 107 Å². The molecule has 3 aliphatic carbocycles. The third-order valence-corrected chi connectivity index (χ3v) is 6.38. The molecule has 0 heterocycles. The van der Waals surface area contributed by atoms with Crippen molar-refractivity contribution in [1.82, 2.24) is 0 Å². The van der Waals surface area contributed by atoms with Crippen molar-refractivity contribution >= 4 is 0 Å². The number of fused-ring (bicyclic) bond motifs is 7. The first-order valence-corrected chi connectivity index (χ1v) is 9.72. The van der Waals surface area contributed by atoms with Crippen molar-refractivity contribution < 1.29 is 0 Å². The summed E-state index contributed by atoms with van der Waals surface area (Å²) in [6, 6.07) is 28.8. The minimum Gasteiger partial charge on any atom is -0.0619 e. The highest BCUT2D eigenvalue weighted by Crippen LogP contribution is 2.46. The maximum Gasteiger partial charge on any atom is -0.00104 e. The summed E-state index contributed by atoms with van der Waals surface area (Å²) in [6.07, 6.45) is 2.25. The van der Waals surface area contributed by atoms with Crippen LogP contribution < -0.4 is 0 Å². The molecule has 0 saturated heterocycles. The van der Waals surface area contributed by atoms with E-state index in [2.05, 4.69) is 85.8 Å². The van der Waals surface area contributed by atoms with Crippen molar-refractivity contribution in [3.8, 4) is 33.4 Å². The van der Waals surface area contributed by atoms with Gasteiger partial charge in [0, 0.05) is 0 Å². The average molecular weight is 344 g/mol. The third-order valence-electron chi connectivity index (χ3n) is 6.38. The van der Waals surface area contributed by atoms with Crippen LogP contribution in [0.1, 0.15) is 27.8 Å². The average Bonchev–Trinajstić information content (AvgIpc) is 3.24. The maximum atomic E-state index is 2.36. The third kappa shape index (κ3) is 2.10. The summed E-state index contributed by atoms with van der Waals surface area (Å²) < 4.78 is 0. The van der Waals surface area contributed by atoms with E-state index < -0.39 is 0 Å². The molecule has 0 heteroatoms. The van der Waals surface area contributed by atoms with Gasteiger partial charge in [-0.3, -0.25) is 0 Å². The van der Waals surface area contributed by atoms with Crippen LogP contribution in [0.5, 0.6) is 0 Å². The van der Waals surface area contributed by atoms with Gasteiger partial charge >= 0.3 is 0 Å². The minimum absolute atomic E-state index is 1.10. The summed E-state index contributed by atoms with van der Waals surface area (Å²) in [5, 5.41) is 0. The Hall–Kier alpha value is -3.12. The Labute approximate surface area is 160 Å². The van der Waals surface area contributed by atoms with Crippen LogP contribution in [0.4, 0.5) is 0 Å². The summed E-state index contributed by atoms with van der Waals surface area (Å²) in [6.45, 7) is 2.26. The standard InChI is InChI=1S/C14H10.C13H10/c1-8-11-4-5-13-12-3-2-9(11)6-10(12)7-14(8)13;1-3-7-12-10(5-1)9-11-6-2-4-8-13(11)12/h2-6H,7H2,1H3;1-8H,9H2. The van der Waals surface area contributed by atoms with Crippen molar-refractivity contribution in [2.24, 2.45) is 0 Å². The van der Waals surface area contributed by atoms with Gasteiger partial charge in [0.2, 0.25) is 0 Å². The topological polar surface area (TPSA) is 0 Å². The van der Waals surface area contributed by atoms with Gasteiger partial charge in [-0.25, -0.2) is 0 Å². The molecule has 7 rings (SSSR count). The van der Waals surface area contributed by atoms with Crippen LogP contribution in [0.25, 0.3) is 33.4 Å². The molecule has 0 radical (unpaired) electrons. The van der Waals surface area contributed by atoms with E-state index in [9.17, 15) is 0 Å². The quantitative estimate of drug-likeness (QED) is 0.284. The molecule has 0 unspecified atom stereocenters. The molecule has 4 aromatic rings. The Morgan fingerprint density at radius 1 is 0.519 bits per heavy atom. The fourth-order valence-electron chi connectivity index (χ4n) is 4.99. The summed E-state index contributed by atoms with van der Waals surface area (Å²) in [5.41, 5.74) is 16.1. The minimum atomic E-state index is 1.10. The molecule has 0 aromatic heterocycles. The van der Waals surface area contributed by atoms with Gasteiger partial charge in [0.25, 0.3) is 0 Å². The van der Waals surface area contributed by atoms with E-state index in [1.54, 1.807) is 5.56 Å². The van der Waals surface area contributed by atoms with E-state index in [1.165, 1.54) is 55.6 Å². The molecular weight excluding hydrogens is 324 g/mol. The highest BCUT2D eigenvalue weighted by molar-refractivity contribution is 5.88. The van der Waals surface area contributed by atoms with E-state index in [1.807, 2.05) is 0 Å². The zero-order valence-corrected chi connectivity index (χ0v) is 15.4. The lowest BCUT2D eigenvalue weighted by Gasteiger charge is -2.14. The molecule has 128 valence electrons. The van der Waals surface area contributed by atoms with Gasteiger partial charge in [0.05, 0.1) is 0 Å². The Morgan fingerprint density at radius 2 is 1.11 bits per heavy atom. The first-order valence-electron chi connectivity index (χ1n) is 9.72. The molecule has 3 aliphatic rings. The molecule has 0 fully saturated rings. The van der Waals surface area contributed by atoms with Crippen molar-refractivity contribution in [2.45, 2.75) is 19.8 Å². The largest absolute Gasteiger partial charge is 0.0619 e. The van der Waals surface area contributed by atoms with Gasteiger partial charge in [0.15, 0.2) is 0 Å². The number of hydrogen-bond donors (Lipinski definition) is 0. The van der Waals surface area contributed by atoms with Crippen molar-refractivity contribution in [3.63, 3.8) is 0 Å². The predicted molar refractivity (Wildman–Crippen MR) is 113 cm³/mol. The zero-order valence-electron chi connectivity index (χ0n) is 15.4. The van der Waals surface area contributed by atoms with Crippen LogP contribution in [0, 0.1) is 6.92 Å². The molecule has 4 bridgehead atoms. The Kier molecular flexibility index (Phi) is 3.02. The highest BCUT2D eigenvalue weighted by atomic mass is 14.3. The maximum absolute atomic E-state index is 2.36. The Balaban J connectivity index is 0.000000109. The molecule has 0 saturated carbocycles. The fourth-order valence-corrected chi connectivity index (χ4v) is 4.99. The zero-order chi connectivity index (χ0) is 18.0. The fraction of sp³-hybridized carbons (Fsp3) is 0.111. The Bertz CT molecular complexity index is 1170. The van der Waals surface area contributed by atoms with Gasteiger partial charge in [-0.2, -0.15) is 0 Å². The van der Waals surface area contributed by atoms with Gasteiger partial charge in [0.1, 0.15) is 0 Å². The number of benzene rings is 4. The van der Waals surface area contributed by atoms with Crippen LogP contribution in [-0.4, -0.2) is 0 Å². The second-order valence-corrected chi connectivity index (χ2v) is 7.80. The van der Waals surface area contributed by atoms with E-state index in [0.717, 1.165) is 12.8 Å². The lowest BCUT2D eigenvalue weighted by atomic mass is 9.91. The second kappa shape index (κ2) is 5.44. The van der Waals surface area contributed by atoms with Crippen LogP contribution in [0.3, 0.4) is 0 Å². The van der Waals surface area contributed by atoms with Crippen LogP contribution >= 0.6 is 0 Å². The van der Waals surface area contributed by atoms with E-state index >= 15 is 0 Å². The summed E-state index contributed by atoms with van der Waals surface area (Å²) >= 11 is 0. The monoisotopic (exact) mass is 344 g/mol. The van der Waals surface area contributed by atoms with E-state index in [0.29, 0.717) is 0 Å². The van der Waals surface area contributed by atoms with Gasteiger partial charge in [-0.1, -0.05) is 78.9 Å². The first-order chi connectivity index (χ1) is 13.3. The summed E-state index contributed by atoms with van der Waals surface area (Å²) in [4.78, 5) is 0. The Morgan fingerprint density at radius 3 is 1.85 bits per heavy atom. The molecule has 0 N–H and O–H groups in total. The molecule has 0 amide bonds. The smallest absolute Gasteiger partial charge is 0.00104 e. The molecule has 0 atom stereocenters. The molecule has 27 heavy (non-hydrogen) atoms. The molecular formula is C27H20. The molecule has 0 aliphatic heterocycles. The highest BCUT2D eigenvalue weighted by Gasteiger charge is 2.25. The molecule has 4 aromatic carbocycles. The number of rotatable bonds is 0. The van der Waals surface area contributed by atoms with Crippen molar-refractivity contribution in [1.29, 1.82) is 0 Å². The van der Waals surface area contributed by atoms with Gasteiger partial charge < -0.3 is 0 Å². The SMILES string of the molecule is Cc1c2ccc3c1Cc1cc-2ccc1-3.c1ccc2c(c1)Cc1ccccc1-2. The first kappa shape index (κ1) is 15.0. The predicted octanol–water partition coefficient (Wildman–Crippen LogP) is 6.80. The van der Waals surface area contributed by atoms with E-state index in [4.69, 9.17) is 0 Å². The summed E-state index contributed by atoms with van der Waals surface area (Å²) in [5.74, 6) is 0. The van der Waals surface area contributed by atoms with Gasteiger partial charge in [-0.05, 0) is 81.0 Å². The van der Waals surface area contributed by atoms with E-state index in [-0.39, 0.29) is 0 Å². The lowest BCUT2D eigenvalue weighted by molar-refractivity contribution is 1.24. The normalized spacial score (nSPS) is 13.1. The summed E-state index contributed by atoms with van der Waals surface area (Å²) in [7, 11) is 0. The van der Waals surface area contributed by atoms with Gasteiger partial charge in [-0.15, -0.1) is 0 Å².